The fourth-order valence-corrected chi connectivity index (χ4v) is 5.06. The third-order valence-electron chi connectivity index (χ3n) is 5.91. The van der Waals surface area contributed by atoms with Gasteiger partial charge >= 0.3 is 11.9 Å². The first-order valence-electron chi connectivity index (χ1n) is 10.9. The lowest BCUT2D eigenvalue weighted by molar-refractivity contribution is -0.137. The predicted molar refractivity (Wildman–Crippen MR) is 121 cm³/mol. The van der Waals surface area contributed by atoms with E-state index in [1.165, 1.54) is 12.1 Å². The van der Waals surface area contributed by atoms with Gasteiger partial charge in [0.1, 0.15) is 5.03 Å². The van der Waals surface area contributed by atoms with Crippen molar-refractivity contribution in [2.24, 2.45) is 0 Å². The maximum Gasteiger partial charge on any atom is 0.416 e. The number of rotatable bonds is 5. The van der Waals surface area contributed by atoms with E-state index in [2.05, 4.69) is 22.2 Å². The molecule has 0 bridgehead atoms. The minimum atomic E-state index is -4.48. The van der Waals surface area contributed by atoms with Crippen LogP contribution in [0.25, 0.3) is 0 Å². The second kappa shape index (κ2) is 9.76. The molecule has 178 valence electrons. The highest BCUT2D eigenvalue weighted by Crippen LogP contribution is 2.31. The van der Waals surface area contributed by atoms with Crippen LogP contribution in [0.1, 0.15) is 29.7 Å². The molecule has 2 aliphatic rings. The number of piperazine rings is 1. The standard InChI is InChI=1S/C22H26F3N5O2S/c1-28-9-11-29(12-10-28)30-18-8-3-2-7-17(18)20(27-21(30)32)33-14-19(31)26-16-6-4-5-15(13-16)22(23,24)25/h4-6,13H,2-3,7-12,14H2,1H3,(H,26,31). The predicted octanol–water partition coefficient (Wildman–Crippen LogP) is 2.76. The van der Waals surface area contributed by atoms with Gasteiger partial charge in [-0.05, 0) is 50.9 Å². The molecule has 7 nitrogen and oxygen atoms in total. The molecule has 1 aromatic heterocycles. The molecule has 0 radical (unpaired) electrons. The Bertz CT molecular complexity index is 1080. The first-order chi connectivity index (χ1) is 15.7. The summed E-state index contributed by atoms with van der Waals surface area (Å²) in [7, 11) is 2.05. The highest BCUT2D eigenvalue weighted by molar-refractivity contribution is 8.00. The Hall–Kier alpha value is -2.53. The minimum absolute atomic E-state index is 0.0480. The van der Waals surface area contributed by atoms with Gasteiger partial charge in [-0.2, -0.15) is 18.2 Å². The van der Waals surface area contributed by atoms with Crippen molar-refractivity contribution < 1.29 is 18.0 Å². The van der Waals surface area contributed by atoms with Crippen LogP contribution >= 0.6 is 11.8 Å². The molecule has 1 saturated heterocycles. The Morgan fingerprint density at radius 2 is 1.88 bits per heavy atom. The lowest BCUT2D eigenvalue weighted by Crippen LogP contribution is -2.54. The van der Waals surface area contributed by atoms with Gasteiger partial charge < -0.3 is 15.2 Å². The molecule has 2 heterocycles. The Balaban J connectivity index is 1.49. The van der Waals surface area contributed by atoms with Crippen LogP contribution in [0.15, 0.2) is 34.1 Å². The van der Waals surface area contributed by atoms with Gasteiger partial charge in [-0.1, -0.05) is 17.8 Å². The molecule has 0 unspecified atom stereocenters. The van der Waals surface area contributed by atoms with Gasteiger partial charge in [0.2, 0.25) is 5.91 Å². The zero-order chi connectivity index (χ0) is 23.6. The van der Waals surface area contributed by atoms with E-state index < -0.39 is 17.6 Å². The lowest BCUT2D eigenvalue weighted by Gasteiger charge is -2.37. The number of benzene rings is 1. The molecule has 1 amide bonds. The summed E-state index contributed by atoms with van der Waals surface area (Å²) in [5.74, 6) is -0.498. The van der Waals surface area contributed by atoms with Gasteiger partial charge in [0.15, 0.2) is 0 Å². The van der Waals surface area contributed by atoms with E-state index in [1.807, 2.05) is 5.01 Å². The summed E-state index contributed by atoms with van der Waals surface area (Å²) in [5, 5.41) is 5.09. The molecule has 11 heteroatoms. The summed E-state index contributed by atoms with van der Waals surface area (Å²) >= 11 is 1.16. The summed E-state index contributed by atoms with van der Waals surface area (Å²) in [6, 6.07) is 4.52. The van der Waals surface area contributed by atoms with Crippen molar-refractivity contribution in [3.63, 3.8) is 0 Å². The zero-order valence-corrected chi connectivity index (χ0v) is 19.1. The van der Waals surface area contributed by atoms with E-state index in [9.17, 15) is 22.8 Å². The van der Waals surface area contributed by atoms with Gasteiger partial charge in [-0.3, -0.25) is 4.79 Å². The van der Waals surface area contributed by atoms with Gasteiger partial charge in [-0.15, -0.1) is 0 Å². The second-order valence-electron chi connectivity index (χ2n) is 8.32. The summed E-state index contributed by atoms with van der Waals surface area (Å²) < 4.78 is 40.4. The Morgan fingerprint density at radius 1 is 1.15 bits per heavy atom. The van der Waals surface area contributed by atoms with Crippen LogP contribution in [0.3, 0.4) is 0 Å². The number of carbonyl (C=O) groups excluding carboxylic acids is 1. The van der Waals surface area contributed by atoms with E-state index in [0.29, 0.717) is 5.03 Å². The number of anilines is 1. The van der Waals surface area contributed by atoms with Crippen molar-refractivity contribution in [2.45, 2.75) is 36.9 Å². The normalized spacial score (nSPS) is 17.0. The molecule has 33 heavy (non-hydrogen) atoms. The SMILES string of the molecule is CN1CCN(n2c3c(c(SCC(=O)Nc4cccc(C(F)(F)F)c4)nc2=O)CCCC3)CC1. The molecule has 1 N–H and O–H groups in total. The summed E-state index contributed by atoms with van der Waals surface area (Å²) in [5.41, 5.74) is 0.872. The van der Waals surface area contributed by atoms with Crippen LogP contribution in [0.5, 0.6) is 0 Å². The van der Waals surface area contributed by atoms with Crippen LogP contribution in [0.4, 0.5) is 18.9 Å². The number of hydrogen-bond acceptors (Lipinski definition) is 6. The summed E-state index contributed by atoms with van der Waals surface area (Å²) in [6.45, 7) is 3.23. The van der Waals surface area contributed by atoms with Gasteiger partial charge in [0, 0.05) is 37.4 Å². The minimum Gasteiger partial charge on any atom is -0.325 e. The van der Waals surface area contributed by atoms with Crippen molar-refractivity contribution >= 4 is 23.4 Å². The summed E-state index contributed by atoms with van der Waals surface area (Å²) in [4.78, 5) is 31.9. The Labute approximate surface area is 193 Å². The van der Waals surface area contributed by atoms with Crippen LogP contribution in [0, 0.1) is 0 Å². The number of aromatic nitrogens is 2. The van der Waals surface area contributed by atoms with Crippen LogP contribution in [0.2, 0.25) is 0 Å². The maximum atomic E-state index is 12.9. The topological polar surface area (TPSA) is 70.5 Å². The Morgan fingerprint density at radius 3 is 2.61 bits per heavy atom. The quantitative estimate of drug-likeness (QED) is 0.523. The molecule has 4 rings (SSSR count). The molecule has 2 aromatic rings. The largest absolute Gasteiger partial charge is 0.416 e. The average Bonchev–Trinajstić information content (AvgIpc) is 2.78. The number of nitrogens with zero attached hydrogens (tertiary/aromatic N) is 4. The molecule has 0 atom stereocenters. The summed E-state index contributed by atoms with van der Waals surface area (Å²) in [6.07, 6.45) is -0.937. The number of hydrogen-bond donors (Lipinski definition) is 1. The van der Waals surface area contributed by atoms with Crippen molar-refractivity contribution in [1.29, 1.82) is 0 Å². The number of alkyl halides is 3. The van der Waals surface area contributed by atoms with E-state index in [4.69, 9.17) is 0 Å². The lowest BCUT2D eigenvalue weighted by atomic mass is 9.97. The van der Waals surface area contributed by atoms with Crippen molar-refractivity contribution in [1.82, 2.24) is 14.6 Å². The fraction of sp³-hybridized carbons (Fsp3) is 0.500. The van der Waals surface area contributed by atoms with Crippen LogP contribution in [-0.2, 0) is 23.8 Å². The van der Waals surface area contributed by atoms with E-state index >= 15 is 0 Å². The Kier molecular flexibility index (Phi) is 6.99. The molecular formula is C22H26F3N5O2S. The molecular weight excluding hydrogens is 455 g/mol. The monoisotopic (exact) mass is 481 g/mol. The molecule has 1 aromatic carbocycles. The highest BCUT2D eigenvalue weighted by atomic mass is 32.2. The van der Waals surface area contributed by atoms with Crippen molar-refractivity contribution in [3.8, 4) is 0 Å². The van der Waals surface area contributed by atoms with Crippen molar-refractivity contribution in [2.75, 3.05) is 49.3 Å². The number of carbonyl (C=O) groups is 1. The van der Waals surface area contributed by atoms with Crippen LogP contribution < -0.4 is 16.0 Å². The molecule has 1 aliphatic carbocycles. The first-order valence-corrected chi connectivity index (χ1v) is 11.9. The fourth-order valence-electron chi connectivity index (χ4n) is 4.18. The molecule has 1 aliphatic heterocycles. The number of thioether (sulfide) groups is 1. The van der Waals surface area contributed by atoms with Crippen LogP contribution in [-0.4, -0.2) is 59.4 Å². The third-order valence-corrected chi connectivity index (χ3v) is 6.92. The van der Waals surface area contributed by atoms with Crippen molar-refractivity contribution in [3.05, 3.63) is 51.6 Å². The van der Waals surface area contributed by atoms with Gasteiger partial charge in [0.05, 0.1) is 17.0 Å². The zero-order valence-electron chi connectivity index (χ0n) is 18.3. The third kappa shape index (κ3) is 5.52. The van der Waals surface area contributed by atoms with Gasteiger partial charge in [-0.25, -0.2) is 9.47 Å². The van der Waals surface area contributed by atoms with E-state index in [-0.39, 0.29) is 17.1 Å². The molecule has 0 spiro atoms. The number of fused-ring (bicyclic) bond motifs is 1. The van der Waals surface area contributed by atoms with Gasteiger partial charge in [0.25, 0.3) is 0 Å². The highest BCUT2D eigenvalue weighted by Gasteiger charge is 2.30. The number of nitrogens with one attached hydrogen (secondary N) is 1. The number of likely N-dealkylation sites (N-methyl/N-ethyl adjacent to an activating group) is 1. The van der Waals surface area contributed by atoms with E-state index in [1.54, 1.807) is 4.68 Å². The maximum absolute atomic E-state index is 12.9. The molecule has 1 fully saturated rings. The number of halogens is 3. The smallest absolute Gasteiger partial charge is 0.325 e. The van der Waals surface area contributed by atoms with E-state index in [0.717, 1.165) is 87.0 Å². The number of amides is 1. The molecule has 0 saturated carbocycles. The first kappa shape index (κ1) is 23.6. The second-order valence-corrected chi connectivity index (χ2v) is 9.28. The average molecular weight is 482 g/mol.